The lowest BCUT2D eigenvalue weighted by Crippen LogP contribution is -2.39. The maximum Gasteiger partial charge on any atom is 0.274 e. The molecule has 0 spiro atoms. The van der Waals surface area contributed by atoms with Crippen LogP contribution in [0, 0.1) is 24.2 Å². The van der Waals surface area contributed by atoms with Gasteiger partial charge in [-0.05, 0) is 44.7 Å². The lowest BCUT2D eigenvalue weighted by Gasteiger charge is -2.34. The maximum atomic E-state index is 13.7. The molecule has 35 heavy (non-hydrogen) atoms. The van der Waals surface area contributed by atoms with Gasteiger partial charge in [0.2, 0.25) is 0 Å². The van der Waals surface area contributed by atoms with E-state index in [9.17, 15) is 10.1 Å². The molecule has 0 saturated carbocycles. The fraction of sp³-hybridized carbons (Fsp3) is 0.400. The highest BCUT2D eigenvalue weighted by Gasteiger charge is 2.34. The molecule has 6 heterocycles. The number of nitrogens with zero attached hydrogens (tertiary/aromatic N) is 8. The second-order valence-corrected chi connectivity index (χ2v) is 9.73. The summed E-state index contributed by atoms with van der Waals surface area (Å²) in [6.45, 7) is 4.18. The van der Waals surface area contributed by atoms with Crippen molar-refractivity contribution in [2.75, 3.05) is 24.5 Å². The summed E-state index contributed by atoms with van der Waals surface area (Å²) < 4.78 is 3.55. The van der Waals surface area contributed by atoms with Crippen molar-refractivity contribution in [1.29, 1.82) is 5.26 Å². The maximum absolute atomic E-state index is 13.7. The lowest BCUT2D eigenvalue weighted by atomic mass is 9.99. The van der Waals surface area contributed by atoms with Crippen LogP contribution in [0.1, 0.15) is 53.5 Å². The number of imidazole rings is 1. The molecule has 4 aromatic heterocycles. The number of piperidine rings is 1. The quantitative estimate of drug-likeness (QED) is 0.431. The van der Waals surface area contributed by atoms with Crippen LogP contribution >= 0.6 is 11.6 Å². The number of aromatic nitrogens is 5. The van der Waals surface area contributed by atoms with Crippen LogP contribution in [0.15, 0.2) is 36.7 Å². The number of rotatable bonds is 3. The minimum Gasteiger partial charge on any atom is -0.355 e. The molecule has 178 valence electrons. The van der Waals surface area contributed by atoms with E-state index in [4.69, 9.17) is 21.7 Å². The first kappa shape index (κ1) is 21.9. The Kier molecular flexibility index (Phi) is 5.33. The van der Waals surface area contributed by atoms with E-state index in [1.807, 2.05) is 48.5 Å². The number of fused-ring (bicyclic) bond motifs is 2. The number of anilines is 1. The van der Waals surface area contributed by atoms with E-state index in [2.05, 4.69) is 16.0 Å². The first-order valence-corrected chi connectivity index (χ1v) is 12.4. The van der Waals surface area contributed by atoms with Crippen LogP contribution in [0.2, 0.25) is 5.15 Å². The van der Waals surface area contributed by atoms with E-state index in [0.29, 0.717) is 24.4 Å². The number of likely N-dealkylation sites (tertiary alicyclic amines) is 1. The van der Waals surface area contributed by atoms with Crippen LogP contribution < -0.4 is 4.90 Å². The molecule has 2 aliphatic rings. The van der Waals surface area contributed by atoms with Gasteiger partial charge < -0.3 is 9.80 Å². The fourth-order valence-corrected chi connectivity index (χ4v) is 5.60. The summed E-state index contributed by atoms with van der Waals surface area (Å²) in [6.07, 6.45) is 7.43. The molecule has 0 N–H and O–H groups in total. The summed E-state index contributed by atoms with van der Waals surface area (Å²) in [5, 5.41) is 14.3. The highest BCUT2D eigenvalue weighted by atomic mass is 35.5. The van der Waals surface area contributed by atoms with Crippen molar-refractivity contribution in [2.24, 2.45) is 5.92 Å². The van der Waals surface area contributed by atoms with Crippen molar-refractivity contribution in [2.45, 2.75) is 38.6 Å². The predicted molar refractivity (Wildman–Crippen MR) is 131 cm³/mol. The lowest BCUT2D eigenvalue weighted by molar-refractivity contribution is 0.0598. The number of amides is 1. The molecule has 0 unspecified atom stereocenters. The summed E-state index contributed by atoms with van der Waals surface area (Å²) in [7, 11) is 0. The van der Waals surface area contributed by atoms with Crippen molar-refractivity contribution in [3.8, 4) is 6.07 Å². The summed E-state index contributed by atoms with van der Waals surface area (Å²) >= 11 is 6.42. The summed E-state index contributed by atoms with van der Waals surface area (Å²) in [4.78, 5) is 27.0. The van der Waals surface area contributed by atoms with E-state index in [1.54, 1.807) is 8.92 Å². The average molecular weight is 489 g/mol. The molecule has 0 aromatic carbocycles. The molecule has 2 aliphatic heterocycles. The summed E-state index contributed by atoms with van der Waals surface area (Å²) in [6, 6.07) is 9.76. The smallest absolute Gasteiger partial charge is 0.274 e. The van der Waals surface area contributed by atoms with Crippen LogP contribution in [0.5, 0.6) is 0 Å². The zero-order valence-electron chi connectivity index (χ0n) is 19.4. The van der Waals surface area contributed by atoms with Gasteiger partial charge in [0.15, 0.2) is 16.5 Å². The number of nitriles is 1. The normalized spacial score (nSPS) is 20.6. The molecular formula is C25H25ClN8O. The van der Waals surface area contributed by atoms with Crippen molar-refractivity contribution in [1.82, 2.24) is 28.9 Å². The van der Waals surface area contributed by atoms with Gasteiger partial charge in [0.1, 0.15) is 11.5 Å². The average Bonchev–Trinajstić information content (AvgIpc) is 3.59. The number of pyridine rings is 1. The number of carbonyl (C=O) groups excluding carboxylic acids is 1. The molecule has 4 aromatic rings. The number of hydrogen-bond acceptors (Lipinski definition) is 6. The first-order chi connectivity index (χ1) is 17.0. The standard InChI is InChI=1S/C25H25ClN8O/c1-16-14-34-21(29-24(16)31-11-8-17(13-27)15-31)12-18(30-34)19-6-2-4-9-32(19)25(35)22-23(26)28-20-7-3-5-10-33(20)22/h3,5,7,10,12,14,17,19H,2,4,6,8-9,11,15H2,1H3/t17-,19+/m1/s1. The summed E-state index contributed by atoms with van der Waals surface area (Å²) in [5.41, 5.74) is 3.61. The predicted octanol–water partition coefficient (Wildman–Crippen LogP) is 4.06. The molecule has 0 aliphatic carbocycles. The van der Waals surface area contributed by atoms with Crippen molar-refractivity contribution in [3.05, 3.63) is 58.8 Å². The molecule has 9 nitrogen and oxygen atoms in total. The Hall–Kier alpha value is -3.64. The van der Waals surface area contributed by atoms with Gasteiger partial charge in [-0.2, -0.15) is 10.4 Å². The van der Waals surface area contributed by atoms with Gasteiger partial charge in [0.25, 0.3) is 5.91 Å². The van der Waals surface area contributed by atoms with Crippen LogP contribution in [0.4, 0.5) is 5.82 Å². The third-order valence-electron chi connectivity index (χ3n) is 7.09. The van der Waals surface area contributed by atoms with E-state index >= 15 is 0 Å². The molecule has 0 bridgehead atoms. The molecule has 10 heteroatoms. The molecule has 2 saturated heterocycles. The van der Waals surface area contributed by atoms with E-state index in [-0.39, 0.29) is 23.0 Å². The molecule has 1 amide bonds. The van der Waals surface area contributed by atoms with E-state index in [0.717, 1.165) is 55.0 Å². The second-order valence-electron chi connectivity index (χ2n) is 9.37. The third kappa shape index (κ3) is 3.69. The Morgan fingerprint density at radius 2 is 2.06 bits per heavy atom. The summed E-state index contributed by atoms with van der Waals surface area (Å²) in [5.74, 6) is 0.803. The number of hydrogen-bond donors (Lipinski definition) is 0. The molecule has 0 radical (unpaired) electrons. The van der Waals surface area contributed by atoms with Gasteiger partial charge in [-0.3, -0.25) is 9.20 Å². The number of aryl methyl sites for hydroxylation is 1. The van der Waals surface area contributed by atoms with E-state index in [1.165, 1.54) is 0 Å². The minimum atomic E-state index is -0.165. The van der Waals surface area contributed by atoms with Crippen molar-refractivity contribution in [3.63, 3.8) is 0 Å². The fourth-order valence-electron chi connectivity index (χ4n) is 5.34. The highest BCUT2D eigenvalue weighted by molar-refractivity contribution is 6.32. The number of halogens is 1. The molecule has 2 atom stereocenters. The Morgan fingerprint density at radius 1 is 1.17 bits per heavy atom. The van der Waals surface area contributed by atoms with Crippen LogP contribution in [-0.2, 0) is 0 Å². The molecular weight excluding hydrogens is 464 g/mol. The Bertz CT molecular complexity index is 1480. The van der Waals surface area contributed by atoms with Crippen LogP contribution in [0.25, 0.3) is 11.3 Å². The number of carbonyl (C=O) groups is 1. The second kappa shape index (κ2) is 8.54. The zero-order valence-corrected chi connectivity index (χ0v) is 20.2. The van der Waals surface area contributed by atoms with Gasteiger partial charge in [0, 0.05) is 43.7 Å². The minimum absolute atomic E-state index is 0.0427. The van der Waals surface area contributed by atoms with Crippen molar-refractivity contribution < 1.29 is 4.79 Å². The van der Waals surface area contributed by atoms with Gasteiger partial charge in [-0.1, -0.05) is 17.7 Å². The van der Waals surface area contributed by atoms with Gasteiger partial charge in [-0.25, -0.2) is 14.5 Å². The monoisotopic (exact) mass is 488 g/mol. The topological polar surface area (TPSA) is 94.8 Å². The zero-order chi connectivity index (χ0) is 24.1. The van der Waals surface area contributed by atoms with Gasteiger partial charge in [0.05, 0.1) is 23.7 Å². The van der Waals surface area contributed by atoms with Gasteiger partial charge >= 0.3 is 0 Å². The van der Waals surface area contributed by atoms with Crippen molar-refractivity contribution >= 4 is 34.6 Å². The Balaban J connectivity index is 1.35. The largest absolute Gasteiger partial charge is 0.355 e. The highest BCUT2D eigenvalue weighted by Crippen LogP contribution is 2.34. The van der Waals surface area contributed by atoms with Crippen LogP contribution in [0.3, 0.4) is 0 Å². The van der Waals surface area contributed by atoms with Gasteiger partial charge in [-0.15, -0.1) is 0 Å². The Morgan fingerprint density at radius 3 is 2.89 bits per heavy atom. The Labute approximate surface area is 207 Å². The first-order valence-electron chi connectivity index (χ1n) is 12.0. The molecule has 6 rings (SSSR count). The van der Waals surface area contributed by atoms with E-state index < -0.39 is 0 Å². The third-order valence-corrected chi connectivity index (χ3v) is 7.35. The van der Waals surface area contributed by atoms with Crippen LogP contribution in [-0.4, -0.2) is 54.4 Å². The molecule has 2 fully saturated rings. The SMILES string of the molecule is Cc1cn2nc([C@@H]3CCCCN3C(=O)c3c(Cl)nc4ccccn34)cc2nc1N1CC[C@H](C#N)C1.